The molecule has 0 saturated heterocycles. The molecule has 0 fully saturated rings. The highest BCUT2D eigenvalue weighted by atomic mass is 32.1. The molecule has 0 aromatic heterocycles. The van der Waals surface area contributed by atoms with Gasteiger partial charge in [0, 0.05) is 7.11 Å². The van der Waals surface area contributed by atoms with Gasteiger partial charge in [-0.3, -0.25) is 0 Å². The van der Waals surface area contributed by atoms with Gasteiger partial charge < -0.3 is 4.74 Å². The van der Waals surface area contributed by atoms with E-state index in [-0.39, 0.29) is 5.60 Å². The summed E-state index contributed by atoms with van der Waals surface area (Å²) in [7, 11) is 1.83. The zero-order valence-electron chi connectivity index (χ0n) is 12.3. The van der Waals surface area contributed by atoms with Crippen LogP contribution in [0.25, 0.3) is 0 Å². The normalized spacial score (nSPS) is 13.9. The van der Waals surface area contributed by atoms with Crippen LogP contribution in [0.2, 0.25) is 0 Å². The first-order valence-electron chi connectivity index (χ1n) is 7.24. The Kier molecular flexibility index (Phi) is 10.4. The molecule has 0 amide bonds. The third-order valence-electron chi connectivity index (χ3n) is 3.89. The van der Waals surface area contributed by atoms with E-state index >= 15 is 0 Å². The molecule has 2 heteroatoms. The first kappa shape index (κ1) is 17.3. The van der Waals surface area contributed by atoms with Crippen molar-refractivity contribution in [1.29, 1.82) is 0 Å². The maximum absolute atomic E-state index is 5.61. The molecule has 0 radical (unpaired) electrons. The minimum Gasteiger partial charge on any atom is -0.379 e. The summed E-state index contributed by atoms with van der Waals surface area (Å²) in [6, 6.07) is 0. The van der Waals surface area contributed by atoms with Crippen LogP contribution in [0.5, 0.6) is 0 Å². The molecule has 0 heterocycles. The summed E-state index contributed by atoms with van der Waals surface area (Å²) in [5.74, 6) is 1.61. The quantitative estimate of drug-likeness (QED) is 0.402. The summed E-state index contributed by atoms with van der Waals surface area (Å²) in [4.78, 5) is 0. The Morgan fingerprint density at radius 2 is 1.59 bits per heavy atom. The molecule has 1 nitrogen and oxygen atoms in total. The highest BCUT2D eigenvalue weighted by Gasteiger charge is 2.27. The van der Waals surface area contributed by atoms with Crippen LogP contribution in [-0.2, 0) is 4.74 Å². The number of rotatable bonds is 11. The third kappa shape index (κ3) is 8.10. The minimum absolute atomic E-state index is 0.00610. The molecule has 17 heavy (non-hydrogen) atoms. The van der Waals surface area contributed by atoms with Crippen LogP contribution in [0.15, 0.2) is 0 Å². The van der Waals surface area contributed by atoms with Gasteiger partial charge in [0.15, 0.2) is 0 Å². The van der Waals surface area contributed by atoms with Gasteiger partial charge in [-0.2, -0.15) is 12.6 Å². The number of unbranched alkanes of at least 4 members (excludes halogenated alkanes) is 5. The lowest BCUT2D eigenvalue weighted by atomic mass is 9.84. The Morgan fingerprint density at radius 3 is 2.12 bits per heavy atom. The van der Waals surface area contributed by atoms with Crippen molar-refractivity contribution >= 4 is 12.6 Å². The number of ether oxygens (including phenoxy) is 1. The second-order valence-corrected chi connectivity index (χ2v) is 6.02. The van der Waals surface area contributed by atoms with Crippen LogP contribution < -0.4 is 0 Å². The van der Waals surface area contributed by atoms with E-state index < -0.39 is 0 Å². The first-order chi connectivity index (χ1) is 8.08. The lowest BCUT2D eigenvalue weighted by Gasteiger charge is -2.33. The van der Waals surface area contributed by atoms with Crippen molar-refractivity contribution in [3.8, 4) is 0 Å². The molecule has 0 saturated carbocycles. The van der Waals surface area contributed by atoms with E-state index in [0.29, 0.717) is 5.92 Å². The fourth-order valence-corrected chi connectivity index (χ4v) is 2.64. The van der Waals surface area contributed by atoms with Gasteiger partial charge in [0.05, 0.1) is 5.60 Å². The van der Waals surface area contributed by atoms with Crippen LogP contribution in [0.3, 0.4) is 0 Å². The standard InChI is InChI=1S/C15H32OS/c1-5-6-7-8-9-10-11-14(12-13-17)15(2,3)16-4/h14,17H,5-13H2,1-4H3. The van der Waals surface area contributed by atoms with Crippen LogP contribution in [0.1, 0.15) is 72.1 Å². The molecular weight excluding hydrogens is 228 g/mol. The van der Waals surface area contributed by atoms with E-state index in [9.17, 15) is 0 Å². The first-order valence-corrected chi connectivity index (χ1v) is 7.87. The van der Waals surface area contributed by atoms with Crippen molar-refractivity contribution in [3.63, 3.8) is 0 Å². The summed E-state index contributed by atoms with van der Waals surface area (Å²) >= 11 is 4.37. The minimum atomic E-state index is 0.00610. The van der Waals surface area contributed by atoms with Crippen molar-refractivity contribution in [1.82, 2.24) is 0 Å². The van der Waals surface area contributed by atoms with Crippen LogP contribution in [0, 0.1) is 5.92 Å². The van der Waals surface area contributed by atoms with Gasteiger partial charge in [-0.25, -0.2) is 0 Å². The Labute approximate surface area is 114 Å². The number of hydrogen-bond donors (Lipinski definition) is 1. The van der Waals surface area contributed by atoms with Crippen LogP contribution in [0.4, 0.5) is 0 Å². The molecule has 0 bridgehead atoms. The van der Waals surface area contributed by atoms with Crippen molar-refractivity contribution in [2.45, 2.75) is 77.7 Å². The third-order valence-corrected chi connectivity index (χ3v) is 4.15. The monoisotopic (exact) mass is 260 g/mol. The number of thiol groups is 1. The Hall–Kier alpha value is 0.310. The summed E-state index contributed by atoms with van der Waals surface area (Å²) in [5.41, 5.74) is 0.00610. The maximum Gasteiger partial charge on any atom is 0.0651 e. The van der Waals surface area contributed by atoms with E-state index in [1.54, 1.807) is 0 Å². The summed E-state index contributed by atoms with van der Waals surface area (Å²) in [6.45, 7) is 6.68. The van der Waals surface area contributed by atoms with Gasteiger partial charge in [-0.15, -0.1) is 0 Å². The van der Waals surface area contributed by atoms with E-state index in [1.165, 1.54) is 51.4 Å². The Balaban J connectivity index is 3.78. The van der Waals surface area contributed by atoms with E-state index in [2.05, 4.69) is 33.4 Å². The smallest absolute Gasteiger partial charge is 0.0651 e. The van der Waals surface area contributed by atoms with E-state index in [1.807, 2.05) is 7.11 Å². The molecule has 0 N–H and O–H groups in total. The zero-order chi connectivity index (χ0) is 13.1. The van der Waals surface area contributed by atoms with Gasteiger partial charge in [-0.1, -0.05) is 45.4 Å². The van der Waals surface area contributed by atoms with Gasteiger partial charge >= 0.3 is 0 Å². The van der Waals surface area contributed by atoms with Crippen molar-refractivity contribution in [3.05, 3.63) is 0 Å². The zero-order valence-corrected chi connectivity index (χ0v) is 13.2. The van der Waals surface area contributed by atoms with Gasteiger partial charge in [-0.05, 0) is 38.4 Å². The number of hydrogen-bond acceptors (Lipinski definition) is 2. The molecule has 0 aromatic rings. The second-order valence-electron chi connectivity index (χ2n) is 5.57. The molecule has 0 aliphatic carbocycles. The fourth-order valence-electron chi connectivity index (χ4n) is 2.33. The predicted octanol–water partition coefficient (Wildman–Crippen LogP) is 5.10. The van der Waals surface area contributed by atoms with Gasteiger partial charge in [0.25, 0.3) is 0 Å². The van der Waals surface area contributed by atoms with Gasteiger partial charge in [0.1, 0.15) is 0 Å². The molecule has 0 rings (SSSR count). The molecule has 1 atom stereocenters. The summed E-state index contributed by atoms with van der Waals surface area (Å²) < 4.78 is 5.61. The van der Waals surface area contributed by atoms with Gasteiger partial charge in [0.2, 0.25) is 0 Å². The molecular formula is C15H32OS. The Morgan fingerprint density at radius 1 is 1.00 bits per heavy atom. The van der Waals surface area contributed by atoms with E-state index in [4.69, 9.17) is 4.74 Å². The molecule has 0 aliphatic rings. The molecule has 104 valence electrons. The Bertz CT molecular complexity index is 168. The fraction of sp³-hybridized carbons (Fsp3) is 1.00. The van der Waals surface area contributed by atoms with E-state index in [0.717, 1.165) is 5.75 Å². The predicted molar refractivity (Wildman–Crippen MR) is 81.0 cm³/mol. The summed E-state index contributed by atoms with van der Waals surface area (Å²) in [6.07, 6.45) is 10.7. The molecule has 0 aliphatic heterocycles. The average Bonchev–Trinajstić information content (AvgIpc) is 2.32. The summed E-state index contributed by atoms with van der Waals surface area (Å²) in [5, 5.41) is 0. The number of methoxy groups -OCH3 is 1. The average molecular weight is 260 g/mol. The second kappa shape index (κ2) is 10.3. The van der Waals surface area contributed by atoms with Crippen molar-refractivity contribution < 1.29 is 4.74 Å². The maximum atomic E-state index is 5.61. The molecule has 1 unspecified atom stereocenters. The lowest BCUT2D eigenvalue weighted by molar-refractivity contribution is -0.0324. The molecule has 0 spiro atoms. The van der Waals surface area contributed by atoms with Crippen LogP contribution >= 0.6 is 12.6 Å². The van der Waals surface area contributed by atoms with Crippen molar-refractivity contribution in [2.24, 2.45) is 5.92 Å². The highest BCUT2D eigenvalue weighted by Crippen LogP contribution is 2.29. The highest BCUT2D eigenvalue weighted by molar-refractivity contribution is 7.80. The molecule has 0 aromatic carbocycles. The van der Waals surface area contributed by atoms with Crippen molar-refractivity contribution in [2.75, 3.05) is 12.9 Å². The topological polar surface area (TPSA) is 9.23 Å². The lowest BCUT2D eigenvalue weighted by Crippen LogP contribution is -2.33. The SMILES string of the molecule is CCCCCCCCC(CCS)C(C)(C)OC. The largest absolute Gasteiger partial charge is 0.379 e. The van der Waals surface area contributed by atoms with Crippen LogP contribution in [-0.4, -0.2) is 18.5 Å².